The lowest BCUT2D eigenvalue weighted by Crippen LogP contribution is -2.53. The zero-order valence-electron chi connectivity index (χ0n) is 28.5. The van der Waals surface area contributed by atoms with E-state index in [0.717, 1.165) is 65.6 Å². The summed E-state index contributed by atoms with van der Waals surface area (Å²) in [5.41, 5.74) is 4.86. The minimum absolute atomic E-state index is 0.272. The van der Waals surface area contributed by atoms with E-state index < -0.39 is 23.8 Å². The second-order valence-electron chi connectivity index (χ2n) is 12.8. The van der Waals surface area contributed by atoms with E-state index >= 15 is 0 Å². The van der Waals surface area contributed by atoms with Crippen molar-refractivity contribution in [3.05, 3.63) is 64.2 Å². The van der Waals surface area contributed by atoms with Crippen molar-refractivity contribution < 1.29 is 19.1 Å². The lowest BCUT2D eigenvalue weighted by molar-refractivity contribution is -0.141. The molecule has 244 valence electrons. The zero-order chi connectivity index (χ0) is 32.9. The molecular weight excluding hydrogens is 570 g/mol. The molecule has 0 radical (unpaired) electrons. The maximum absolute atomic E-state index is 14.5. The summed E-state index contributed by atoms with van der Waals surface area (Å²) in [6.45, 7) is 16.0. The number of hydrogen-bond donors (Lipinski definition) is 2. The van der Waals surface area contributed by atoms with Gasteiger partial charge in [-0.15, -0.1) is 0 Å². The average Bonchev–Trinajstić information content (AvgIpc) is 2.94. The Morgan fingerprint density at radius 1 is 0.886 bits per heavy atom. The summed E-state index contributed by atoms with van der Waals surface area (Å²) in [6.07, 6.45) is 8.03. The number of para-hydroxylation sites is 1. The maximum atomic E-state index is 14.5. The number of thioether (sulfide) groups is 1. The zero-order valence-corrected chi connectivity index (χ0v) is 29.3. The third-order valence-corrected chi connectivity index (χ3v) is 8.42. The number of carbonyl (C=O) groups is 3. The van der Waals surface area contributed by atoms with Gasteiger partial charge in [0.15, 0.2) is 0 Å². The molecule has 0 bridgehead atoms. The van der Waals surface area contributed by atoms with Crippen LogP contribution in [0.2, 0.25) is 0 Å². The van der Waals surface area contributed by atoms with Crippen LogP contribution in [-0.4, -0.2) is 53.0 Å². The predicted octanol–water partition coefficient (Wildman–Crippen LogP) is 8.44. The Morgan fingerprint density at radius 2 is 1.52 bits per heavy atom. The lowest BCUT2D eigenvalue weighted by atomic mass is 9.97. The van der Waals surface area contributed by atoms with Crippen LogP contribution in [0.25, 0.3) is 0 Å². The normalized spacial score (nSPS) is 12.8. The van der Waals surface area contributed by atoms with Crippen molar-refractivity contribution in [2.24, 2.45) is 0 Å². The fourth-order valence-corrected chi connectivity index (χ4v) is 5.65. The van der Waals surface area contributed by atoms with Gasteiger partial charge >= 0.3 is 6.09 Å². The topological polar surface area (TPSA) is 87.7 Å². The maximum Gasteiger partial charge on any atom is 0.408 e. The van der Waals surface area contributed by atoms with Gasteiger partial charge in [-0.05, 0) is 101 Å². The van der Waals surface area contributed by atoms with E-state index in [-0.39, 0.29) is 11.8 Å². The number of ether oxygens (including phenoxy) is 1. The molecule has 7 nitrogen and oxygen atoms in total. The van der Waals surface area contributed by atoms with Crippen LogP contribution in [0.15, 0.2) is 36.4 Å². The SMILES string of the molecule is CCCCCCCCN(C(=O)C(CCSC)NC(=O)OC(C)(C)C)C(C(=O)Nc1c(C)cccc1C)c1ccc(C)c(C)c1. The molecule has 2 atom stereocenters. The molecule has 8 heteroatoms. The van der Waals surface area contributed by atoms with Gasteiger partial charge in [-0.2, -0.15) is 11.8 Å². The van der Waals surface area contributed by atoms with Crippen molar-refractivity contribution >= 4 is 35.4 Å². The standard InChI is InChI=1S/C36H55N3O4S/c1-10-11-12-13-14-15-22-39(34(41)30(21-23-44-9)37-35(42)43-36(6,7)8)32(29-20-19-25(2)28(5)24-29)33(40)38-31-26(3)17-16-18-27(31)4/h16-20,24,30,32H,10-15,21-23H2,1-9H3,(H,37,42)(H,38,40). The first-order chi connectivity index (χ1) is 20.8. The molecule has 0 aliphatic carbocycles. The number of anilines is 1. The Morgan fingerprint density at radius 3 is 2.11 bits per heavy atom. The number of carbonyl (C=O) groups excluding carboxylic acids is 3. The smallest absolute Gasteiger partial charge is 0.408 e. The average molecular weight is 626 g/mol. The van der Waals surface area contributed by atoms with Crippen molar-refractivity contribution in [1.82, 2.24) is 10.2 Å². The number of benzene rings is 2. The number of alkyl carbamates (subject to hydrolysis) is 1. The van der Waals surface area contributed by atoms with Gasteiger partial charge in [-0.1, -0.05) is 75.4 Å². The van der Waals surface area contributed by atoms with E-state index in [4.69, 9.17) is 4.74 Å². The minimum Gasteiger partial charge on any atom is -0.444 e. The Hall–Kier alpha value is -3.00. The van der Waals surface area contributed by atoms with Gasteiger partial charge in [0.1, 0.15) is 17.7 Å². The Kier molecular flexibility index (Phi) is 15.3. The Labute approximate surface area is 270 Å². The molecule has 2 rings (SSSR count). The molecule has 0 aromatic heterocycles. The van der Waals surface area contributed by atoms with Crippen molar-refractivity contribution in [1.29, 1.82) is 0 Å². The monoisotopic (exact) mass is 625 g/mol. The van der Waals surface area contributed by atoms with Gasteiger partial charge < -0.3 is 20.3 Å². The van der Waals surface area contributed by atoms with E-state index in [1.807, 2.05) is 70.3 Å². The van der Waals surface area contributed by atoms with Crippen LogP contribution in [0.3, 0.4) is 0 Å². The molecule has 0 heterocycles. The summed E-state index contributed by atoms with van der Waals surface area (Å²) in [6, 6.07) is 10.1. The van der Waals surface area contributed by atoms with E-state index in [1.54, 1.807) is 37.4 Å². The number of hydrogen-bond acceptors (Lipinski definition) is 5. The van der Waals surface area contributed by atoms with Crippen LogP contribution in [0.5, 0.6) is 0 Å². The molecule has 2 N–H and O–H groups in total. The molecule has 0 saturated carbocycles. The van der Waals surface area contributed by atoms with Gasteiger partial charge in [0, 0.05) is 12.2 Å². The highest BCUT2D eigenvalue weighted by Crippen LogP contribution is 2.29. The molecule has 0 saturated heterocycles. The van der Waals surface area contributed by atoms with Crippen LogP contribution in [0.1, 0.15) is 106 Å². The minimum atomic E-state index is -0.881. The number of rotatable bonds is 16. The lowest BCUT2D eigenvalue weighted by Gasteiger charge is -2.35. The fourth-order valence-electron chi connectivity index (χ4n) is 5.18. The van der Waals surface area contributed by atoms with E-state index in [9.17, 15) is 14.4 Å². The molecule has 3 amide bonds. The molecule has 2 aromatic rings. The number of unbranched alkanes of at least 4 members (excludes halogenated alkanes) is 5. The van der Waals surface area contributed by atoms with Crippen molar-refractivity contribution in [2.45, 2.75) is 118 Å². The number of nitrogens with zero attached hydrogens (tertiary/aromatic N) is 1. The Bertz CT molecular complexity index is 1220. The number of amides is 3. The van der Waals surface area contributed by atoms with Crippen LogP contribution in [0, 0.1) is 27.7 Å². The summed E-state index contributed by atoms with van der Waals surface area (Å²) in [5, 5.41) is 6.01. The number of nitrogens with one attached hydrogen (secondary N) is 2. The second-order valence-corrected chi connectivity index (χ2v) is 13.8. The summed E-state index contributed by atoms with van der Waals surface area (Å²) >= 11 is 1.61. The summed E-state index contributed by atoms with van der Waals surface area (Å²) < 4.78 is 5.53. The first kappa shape index (κ1) is 37.2. The third kappa shape index (κ3) is 11.8. The van der Waals surface area contributed by atoms with Crippen molar-refractivity contribution in [2.75, 3.05) is 23.9 Å². The molecule has 0 aliphatic rings. The fraction of sp³-hybridized carbons (Fsp3) is 0.583. The summed E-state index contributed by atoms with van der Waals surface area (Å²) in [7, 11) is 0. The van der Waals surface area contributed by atoms with E-state index in [0.29, 0.717) is 18.7 Å². The van der Waals surface area contributed by atoms with Gasteiger partial charge in [-0.3, -0.25) is 9.59 Å². The third-order valence-electron chi connectivity index (χ3n) is 7.77. The summed E-state index contributed by atoms with van der Waals surface area (Å²) in [5.74, 6) is 0.115. The quantitative estimate of drug-likeness (QED) is 0.183. The molecular formula is C36H55N3O4S. The number of aryl methyl sites for hydroxylation is 4. The highest BCUT2D eigenvalue weighted by atomic mass is 32.2. The van der Waals surface area contributed by atoms with Crippen LogP contribution in [-0.2, 0) is 14.3 Å². The van der Waals surface area contributed by atoms with Gasteiger partial charge in [0.2, 0.25) is 5.91 Å². The highest BCUT2D eigenvalue weighted by molar-refractivity contribution is 7.98. The molecule has 2 aromatic carbocycles. The second kappa shape index (κ2) is 18.1. The van der Waals surface area contributed by atoms with Crippen molar-refractivity contribution in [3.8, 4) is 0 Å². The van der Waals surface area contributed by atoms with Crippen molar-refractivity contribution in [3.63, 3.8) is 0 Å². The van der Waals surface area contributed by atoms with Gasteiger partial charge in [0.05, 0.1) is 0 Å². The molecule has 0 fully saturated rings. The molecule has 2 unspecified atom stereocenters. The highest BCUT2D eigenvalue weighted by Gasteiger charge is 2.36. The Balaban J connectivity index is 2.58. The first-order valence-corrected chi connectivity index (χ1v) is 17.4. The van der Waals surface area contributed by atoms with Gasteiger partial charge in [0.25, 0.3) is 5.91 Å². The summed E-state index contributed by atoms with van der Waals surface area (Å²) in [4.78, 5) is 43.5. The van der Waals surface area contributed by atoms with Crippen LogP contribution < -0.4 is 10.6 Å². The largest absolute Gasteiger partial charge is 0.444 e. The molecule has 0 spiro atoms. The van der Waals surface area contributed by atoms with Crippen LogP contribution >= 0.6 is 11.8 Å². The molecule has 44 heavy (non-hydrogen) atoms. The van der Waals surface area contributed by atoms with Crippen LogP contribution in [0.4, 0.5) is 10.5 Å². The predicted molar refractivity (Wildman–Crippen MR) is 184 cm³/mol. The van der Waals surface area contributed by atoms with E-state index in [2.05, 4.69) is 17.6 Å². The van der Waals surface area contributed by atoms with E-state index in [1.165, 1.54) is 6.42 Å². The first-order valence-electron chi connectivity index (χ1n) is 16.0. The molecule has 0 aliphatic heterocycles. The van der Waals surface area contributed by atoms with Gasteiger partial charge in [-0.25, -0.2) is 4.79 Å².